The van der Waals surface area contributed by atoms with Gasteiger partial charge in [-0.05, 0) is 52.5 Å². The van der Waals surface area contributed by atoms with Crippen LogP contribution in [0.15, 0.2) is 18.6 Å². The topological polar surface area (TPSA) is 83.3 Å². The Balaban J connectivity index is 2.06. The molecule has 2 rings (SSSR count). The molecule has 1 aliphatic carbocycles. The van der Waals surface area contributed by atoms with Gasteiger partial charge in [0.1, 0.15) is 12.1 Å². The van der Waals surface area contributed by atoms with Crippen molar-refractivity contribution in [1.29, 1.82) is 5.26 Å². The fraction of sp³-hybridized carbons (Fsp3) is 0.750. The fourth-order valence-corrected chi connectivity index (χ4v) is 5.55. The number of nitriles is 1. The van der Waals surface area contributed by atoms with Crippen LogP contribution in [-0.4, -0.2) is 45.5 Å². The molecule has 1 aromatic heterocycles. The van der Waals surface area contributed by atoms with Crippen LogP contribution in [0.1, 0.15) is 60.3 Å². The molecule has 1 fully saturated rings. The lowest BCUT2D eigenvalue weighted by Gasteiger charge is -2.37. The molecule has 0 bridgehead atoms. The molecule has 0 amide bonds. The summed E-state index contributed by atoms with van der Waals surface area (Å²) in [6, 6.07) is 5.00. The van der Waals surface area contributed by atoms with Crippen molar-refractivity contribution in [3.8, 4) is 6.07 Å². The van der Waals surface area contributed by atoms with Gasteiger partial charge in [0.05, 0.1) is 25.2 Å². The van der Waals surface area contributed by atoms with Gasteiger partial charge in [0.2, 0.25) is 0 Å². The average molecular weight is 407 g/mol. The van der Waals surface area contributed by atoms with Crippen LogP contribution in [0.5, 0.6) is 0 Å². The van der Waals surface area contributed by atoms with E-state index in [0.29, 0.717) is 37.1 Å². The van der Waals surface area contributed by atoms with E-state index in [9.17, 15) is 0 Å². The summed E-state index contributed by atoms with van der Waals surface area (Å²) in [5.74, 6) is 1.33. The molecule has 0 aromatic carbocycles. The Morgan fingerprint density at radius 3 is 2.64 bits per heavy atom. The third-order valence-corrected chi connectivity index (χ3v) is 7.13. The maximum Gasteiger partial charge on any atom is 0.259 e. The molecule has 0 saturated heterocycles. The van der Waals surface area contributed by atoms with E-state index in [2.05, 4.69) is 60.6 Å². The second-order valence-electron chi connectivity index (χ2n) is 7.77. The smallest absolute Gasteiger partial charge is 0.259 e. The minimum absolute atomic E-state index is 0.137. The van der Waals surface area contributed by atoms with Gasteiger partial charge >= 0.3 is 0 Å². The first kappa shape index (κ1) is 23.0. The van der Waals surface area contributed by atoms with Crippen molar-refractivity contribution in [2.75, 3.05) is 11.9 Å². The molecule has 0 radical (unpaired) electrons. The van der Waals surface area contributed by atoms with Gasteiger partial charge in [-0.15, -0.1) is 0 Å². The van der Waals surface area contributed by atoms with Crippen molar-refractivity contribution < 1.29 is 9.05 Å². The molecule has 7 nitrogen and oxygen atoms in total. The monoisotopic (exact) mass is 407 g/mol. The van der Waals surface area contributed by atoms with E-state index in [0.717, 1.165) is 25.1 Å². The maximum absolute atomic E-state index is 8.88. The van der Waals surface area contributed by atoms with E-state index in [1.165, 1.54) is 0 Å². The third kappa shape index (κ3) is 6.63. The highest BCUT2D eigenvalue weighted by Crippen LogP contribution is 2.50. The number of hydrogen-bond donors (Lipinski definition) is 1. The van der Waals surface area contributed by atoms with E-state index >= 15 is 0 Å². The van der Waals surface area contributed by atoms with E-state index < -0.39 is 8.53 Å². The molecule has 28 heavy (non-hydrogen) atoms. The van der Waals surface area contributed by atoms with Crippen molar-refractivity contribution in [2.24, 2.45) is 5.92 Å². The predicted molar refractivity (Wildman–Crippen MR) is 113 cm³/mol. The lowest BCUT2D eigenvalue weighted by atomic mass is 10.0. The average Bonchev–Trinajstić information content (AvgIpc) is 3.03. The van der Waals surface area contributed by atoms with E-state index in [4.69, 9.17) is 14.3 Å². The molecule has 1 N–H and O–H groups in total. The van der Waals surface area contributed by atoms with Crippen LogP contribution >= 0.6 is 8.53 Å². The maximum atomic E-state index is 8.88. The second kappa shape index (κ2) is 11.6. The predicted octanol–water partition coefficient (Wildman–Crippen LogP) is 4.74. The Hall–Kier alpha value is -1.32. The largest absolute Gasteiger partial charge is 0.367 e. The standard InChI is InChI=1S/C20H34N5O2P/c1-6-17-12-18(24-20-8-10-22-14-23-20)13-19(17)27-28(26-11-7-9-21)25(15(2)3)16(4)5/h8,10,14-19H,6-7,11-13H2,1-5H3,(H,22,23,24)/t17-,18+,19-,28?/m0/s1. The number of nitrogens with zero attached hydrogens (tertiary/aromatic N) is 4. The van der Waals surface area contributed by atoms with Gasteiger partial charge in [0, 0.05) is 24.3 Å². The molecule has 1 aliphatic rings. The first-order valence-corrected chi connectivity index (χ1v) is 11.4. The Labute approximate surface area is 170 Å². The SMILES string of the molecule is CC[C@H]1C[C@@H](Nc2ccncn2)C[C@@H]1OP(OCCC#N)N(C(C)C)C(C)C. The zero-order valence-electron chi connectivity index (χ0n) is 17.7. The van der Waals surface area contributed by atoms with E-state index in [1.54, 1.807) is 12.5 Å². The van der Waals surface area contributed by atoms with E-state index in [1.807, 2.05) is 6.07 Å². The Morgan fingerprint density at radius 2 is 2.07 bits per heavy atom. The Kier molecular flexibility index (Phi) is 9.53. The van der Waals surface area contributed by atoms with Crippen LogP contribution in [0.4, 0.5) is 5.82 Å². The molecule has 8 heteroatoms. The van der Waals surface area contributed by atoms with Crippen LogP contribution in [0, 0.1) is 17.2 Å². The molecule has 4 atom stereocenters. The first-order chi connectivity index (χ1) is 13.5. The second-order valence-corrected chi connectivity index (χ2v) is 9.17. The number of rotatable bonds is 11. The summed E-state index contributed by atoms with van der Waals surface area (Å²) in [6.07, 6.45) is 6.87. The summed E-state index contributed by atoms with van der Waals surface area (Å²) < 4.78 is 15.0. The van der Waals surface area contributed by atoms with Crippen LogP contribution in [-0.2, 0) is 9.05 Å². The quantitative estimate of drug-likeness (QED) is 0.419. The minimum atomic E-state index is -1.21. The molecule has 1 aromatic rings. The summed E-state index contributed by atoms with van der Waals surface area (Å²) >= 11 is 0. The van der Waals surface area contributed by atoms with Gasteiger partial charge in [-0.3, -0.25) is 0 Å². The van der Waals surface area contributed by atoms with Crippen molar-refractivity contribution in [1.82, 2.24) is 14.6 Å². The van der Waals surface area contributed by atoms with Crippen LogP contribution in [0.25, 0.3) is 0 Å². The van der Waals surface area contributed by atoms with Crippen molar-refractivity contribution in [3.05, 3.63) is 18.6 Å². The Bertz CT molecular complexity index is 602. The minimum Gasteiger partial charge on any atom is -0.367 e. The van der Waals surface area contributed by atoms with Crippen molar-refractivity contribution in [2.45, 2.75) is 84.5 Å². The van der Waals surface area contributed by atoms with E-state index in [-0.39, 0.29) is 6.10 Å². The van der Waals surface area contributed by atoms with Crippen molar-refractivity contribution >= 4 is 14.3 Å². The van der Waals surface area contributed by atoms with Gasteiger partial charge in [-0.2, -0.15) is 5.26 Å². The normalized spacial score (nSPS) is 23.3. The lowest BCUT2D eigenvalue weighted by Crippen LogP contribution is -2.35. The molecule has 1 heterocycles. The summed E-state index contributed by atoms with van der Waals surface area (Å²) in [5, 5.41) is 12.4. The number of aromatic nitrogens is 2. The molecule has 156 valence electrons. The molecular weight excluding hydrogens is 373 g/mol. The molecule has 1 unspecified atom stereocenters. The molecule has 1 saturated carbocycles. The van der Waals surface area contributed by atoms with Crippen LogP contribution in [0.3, 0.4) is 0 Å². The lowest BCUT2D eigenvalue weighted by molar-refractivity contribution is 0.107. The van der Waals surface area contributed by atoms with Gasteiger partial charge in [0.15, 0.2) is 0 Å². The summed E-state index contributed by atoms with van der Waals surface area (Å²) in [7, 11) is -1.21. The van der Waals surface area contributed by atoms with Gasteiger partial charge in [-0.25, -0.2) is 14.6 Å². The highest BCUT2D eigenvalue weighted by molar-refractivity contribution is 7.44. The third-order valence-electron chi connectivity index (χ3n) is 4.98. The molecular formula is C20H34N5O2P. The van der Waals surface area contributed by atoms with Gasteiger partial charge < -0.3 is 14.4 Å². The number of nitrogens with one attached hydrogen (secondary N) is 1. The van der Waals surface area contributed by atoms with Crippen LogP contribution < -0.4 is 5.32 Å². The summed E-state index contributed by atoms with van der Waals surface area (Å²) in [6.45, 7) is 11.3. The molecule has 0 aliphatic heterocycles. The van der Waals surface area contributed by atoms with Crippen LogP contribution in [0.2, 0.25) is 0 Å². The number of hydrogen-bond acceptors (Lipinski definition) is 7. The summed E-state index contributed by atoms with van der Waals surface area (Å²) in [5.41, 5.74) is 0. The highest BCUT2D eigenvalue weighted by Gasteiger charge is 2.38. The number of anilines is 1. The first-order valence-electron chi connectivity index (χ1n) is 10.2. The zero-order chi connectivity index (χ0) is 20.5. The fourth-order valence-electron chi connectivity index (χ4n) is 3.76. The zero-order valence-corrected chi connectivity index (χ0v) is 18.6. The highest BCUT2D eigenvalue weighted by atomic mass is 31.2. The Morgan fingerprint density at radius 1 is 1.32 bits per heavy atom. The summed E-state index contributed by atoms with van der Waals surface area (Å²) in [4.78, 5) is 8.26. The van der Waals surface area contributed by atoms with Crippen molar-refractivity contribution in [3.63, 3.8) is 0 Å². The van der Waals surface area contributed by atoms with Gasteiger partial charge in [-0.1, -0.05) is 13.3 Å². The van der Waals surface area contributed by atoms with Gasteiger partial charge in [0.25, 0.3) is 8.53 Å². The molecule has 0 spiro atoms.